The number of rotatable bonds is 3. The largest absolute Gasteiger partial charge is 0.497 e. The maximum Gasteiger partial charge on any atom is 0.186 e. The maximum atomic E-state index is 5.04. The highest BCUT2D eigenvalue weighted by Gasteiger charge is 1.90. The van der Waals surface area contributed by atoms with Crippen LogP contribution in [0.2, 0.25) is 0 Å². The molecule has 1 rings (SSSR count). The van der Waals surface area contributed by atoms with E-state index in [-0.39, 0.29) is 0 Å². The number of hydrazone groups is 1. The molecule has 0 spiro atoms. The molecule has 0 aliphatic heterocycles. The van der Waals surface area contributed by atoms with Crippen LogP contribution in [0.3, 0.4) is 0 Å². The Bertz CT molecular complexity index is 348. The number of thiocarbonyl (C=S) groups is 1. The van der Waals surface area contributed by atoms with Gasteiger partial charge in [0.2, 0.25) is 0 Å². The first-order valence-electron chi connectivity index (χ1n) is 4.41. The summed E-state index contributed by atoms with van der Waals surface area (Å²) >= 11 is 4.85. The Morgan fingerprint density at radius 1 is 1.40 bits per heavy atom. The normalized spacial score (nSPS) is 10.0. The van der Waals surface area contributed by atoms with Crippen LogP contribution in [0.25, 0.3) is 0 Å². The second-order valence-corrected chi connectivity index (χ2v) is 3.13. The van der Waals surface area contributed by atoms with Gasteiger partial charge in [0.15, 0.2) is 5.11 Å². The smallest absolute Gasteiger partial charge is 0.186 e. The SMILES string of the molecule is CNC(=S)NN=Cc1ccc(OC)cc1. The second-order valence-electron chi connectivity index (χ2n) is 2.72. The van der Waals surface area contributed by atoms with E-state index in [1.54, 1.807) is 20.4 Å². The summed E-state index contributed by atoms with van der Waals surface area (Å²) in [6.07, 6.45) is 1.68. The van der Waals surface area contributed by atoms with Crippen molar-refractivity contribution in [2.45, 2.75) is 0 Å². The Morgan fingerprint density at radius 3 is 2.60 bits per heavy atom. The van der Waals surface area contributed by atoms with Crippen LogP contribution in [-0.4, -0.2) is 25.5 Å². The van der Waals surface area contributed by atoms with Crippen LogP contribution in [0.5, 0.6) is 5.75 Å². The zero-order valence-corrected chi connectivity index (χ0v) is 9.47. The minimum atomic E-state index is 0.486. The molecule has 80 valence electrons. The summed E-state index contributed by atoms with van der Waals surface area (Å²) in [6, 6.07) is 7.56. The molecule has 0 unspecified atom stereocenters. The van der Waals surface area contributed by atoms with Gasteiger partial charge in [0.25, 0.3) is 0 Å². The quantitative estimate of drug-likeness (QED) is 0.458. The van der Waals surface area contributed by atoms with E-state index in [1.165, 1.54) is 0 Å². The molecule has 0 heterocycles. The van der Waals surface area contributed by atoms with Crippen molar-refractivity contribution in [2.24, 2.45) is 5.10 Å². The van der Waals surface area contributed by atoms with Gasteiger partial charge in [-0.15, -0.1) is 0 Å². The summed E-state index contributed by atoms with van der Waals surface area (Å²) in [6.45, 7) is 0. The summed E-state index contributed by atoms with van der Waals surface area (Å²) in [4.78, 5) is 0. The van der Waals surface area contributed by atoms with E-state index >= 15 is 0 Å². The Balaban J connectivity index is 2.53. The van der Waals surface area contributed by atoms with Gasteiger partial charge in [-0.1, -0.05) is 0 Å². The van der Waals surface area contributed by atoms with E-state index in [2.05, 4.69) is 15.8 Å². The maximum absolute atomic E-state index is 5.04. The first-order chi connectivity index (χ1) is 7.26. The van der Waals surface area contributed by atoms with Gasteiger partial charge in [0.05, 0.1) is 13.3 Å². The van der Waals surface area contributed by atoms with Gasteiger partial charge >= 0.3 is 0 Å². The van der Waals surface area contributed by atoms with E-state index in [4.69, 9.17) is 17.0 Å². The van der Waals surface area contributed by atoms with E-state index in [0.29, 0.717) is 5.11 Å². The number of nitrogens with zero attached hydrogens (tertiary/aromatic N) is 1. The Labute approximate surface area is 94.3 Å². The molecule has 2 N–H and O–H groups in total. The Hall–Kier alpha value is -1.62. The van der Waals surface area contributed by atoms with Gasteiger partial charge in [-0.3, -0.25) is 5.43 Å². The molecule has 0 saturated heterocycles. The molecule has 0 aliphatic rings. The average Bonchev–Trinajstić information content (AvgIpc) is 2.29. The molecule has 1 aromatic carbocycles. The molecule has 5 heteroatoms. The van der Waals surface area contributed by atoms with Gasteiger partial charge in [-0.2, -0.15) is 5.10 Å². The molecule has 4 nitrogen and oxygen atoms in total. The van der Waals surface area contributed by atoms with Crippen molar-refractivity contribution in [3.05, 3.63) is 29.8 Å². The minimum Gasteiger partial charge on any atom is -0.497 e. The average molecular weight is 223 g/mol. The highest BCUT2D eigenvalue weighted by atomic mass is 32.1. The van der Waals surface area contributed by atoms with Crippen molar-refractivity contribution < 1.29 is 4.74 Å². The third-order valence-corrected chi connectivity index (χ3v) is 2.02. The third-order valence-electron chi connectivity index (χ3n) is 1.72. The molecule has 15 heavy (non-hydrogen) atoms. The summed E-state index contributed by atoms with van der Waals surface area (Å²) in [7, 11) is 3.37. The van der Waals surface area contributed by atoms with Crippen molar-refractivity contribution in [2.75, 3.05) is 14.2 Å². The summed E-state index contributed by atoms with van der Waals surface area (Å²) in [5.74, 6) is 0.825. The van der Waals surface area contributed by atoms with Crippen molar-refractivity contribution >= 4 is 23.5 Å². The summed E-state index contributed by atoms with van der Waals surface area (Å²) < 4.78 is 5.04. The molecular formula is C10H13N3OS. The van der Waals surface area contributed by atoms with Crippen LogP contribution in [-0.2, 0) is 0 Å². The number of hydrogen-bond acceptors (Lipinski definition) is 3. The Morgan fingerprint density at radius 2 is 2.07 bits per heavy atom. The fourth-order valence-corrected chi connectivity index (χ4v) is 0.964. The first-order valence-corrected chi connectivity index (χ1v) is 4.82. The molecule has 0 atom stereocenters. The van der Waals surface area contributed by atoms with E-state index < -0.39 is 0 Å². The van der Waals surface area contributed by atoms with Crippen LogP contribution in [0.1, 0.15) is 5.56 Å². The summed E-state index contributed by atoms with van der Waals surface area (Å²) in [5.41, 5.74) is 3.64. The number of hydrogen-bond donors (Lipinski definition) is 2. The van der Waals surface area contributed by atoms with E-state index in [1.807, 2.05) is 24.3 Å². The van der Waals surface area contributed by atoms with Crippen molar-refractivity contribution in [3.8, 4) is 5.75 Å². The van der Waals surface area contributed by atoms with Crippen LogP contribution in [0, 0.1) is 0 Å². The highest BCUT2D eigenvalue weighted by Crippen LogP contribution is 2.09. The van der Waals surface area contributed by atoms with Gasteiger partial charge in [-0.25, -0.2) is 0 Å². The lowest BCUT2D eigenvalue weighted by molar-refractivity contribution is 0.415. The number of methoxy groups -OCH3 is 1. The standard InChI is InChI=1S/C10H13N3OS/c1-11-10(15)13-12-7-8-3-5-9(14-2)6-4-8/h3-7H,1-2H3,(H2,11,13,15). The predicted octanol–water partition coefficient (Wildman–Crippen LogP) is 1.12. The molecule has 0 bridgehead atoms. The molecule has 0 radical (unpaired) electrons. The van der Waals surface area contributed by atoms with E-state index in [9.17, 15) is 0 Å². The minimum absolute atomic E-state index is 0.486. The fourth-order valence-electron chi connectivity index (χ4n) is 0.911. The van der Waals surface area contributed by atoms with Gasteiger partial charge in [-0.05, 0) is 42.0 Å². The lowest BCUT2D eigenvalue weighted by Gasteiger charge is -2.00. The lowest BCUT2D eigenvalue weighted by atomic mass is 10.2. The topological polar surface area (TPSA) is 45.7 Å². The monoisotopic (exact) mass is 223 g/mol. The molecular weight excluding hydrogens is 210 g/mol. The van der Waals surface area contributed by atoms with Gasteiger partial charge in [0.1, 0.15) is 5.75 Å². The van der Waals surface area contributed by atoms with Crippen molar-refractivity contribution in [1.82, 2.24) is 10.7 Å². The lowest BCUT2D eigenvalue weighted by Crippen LogP contribution is -2.28. The third kappa shape index (κ3) is 3.95. The number of ether oxygens (including phenoxy) is 1. The fraction of sp³-hybridized carbons (Fsp3) is 0.200. The molecule has 0 fully saturated rings. The van der Waals surface area contributed by atoms with E-state index in [0.717, 1.165) is 11.3 Å². The summed E-state index contributed by atoms with van der Waals surface area (Å²) in [5, 5.41) is 7.19. The van der Waals surface area contributed by atoms with Crippen molar-refractivity contribution in [3.63, 3.8) is 0 Å². The van der Waals surface area contributed by atoms with Crippen LogP contribution >= 0.6 is 12.2 Å². The van der Waals surface area contributed by atoms with Gasteiger partial charge in [0, 0.05) is 7.05 Å². The first kappa shape index (κ1) is 11.5. The molecule has 0 amide bonds. The number of nitrogens with one attached hydrogen (secondary N) is 2. The van der Waals surface area contributed by atoms with Crippen LogP contribution in [0.4, 0.5) is 0 Å². The van der Waals surface area contributed by atoms with Crippen LogP contribution in [0.15, 0.2) is 29.4 Å². The molecule has 0 aliphatic carbocycles. The molecule has 1 aromatic rings. The van der Waals surface area contributed by atoms with Crippen LogP contribution < -0.4 is 15.5 Å². The zero-order chi connectivity index (χ0) is 11.1. The van der Waals surface area contributed by atoms with Crippen molar-refractivity contribution in [1.29, 1.82) is 0 Å². The zero-order valence-electron chi connectivity index (χ0n) is 8.65. The predicted molar refractivity (Wildman–Crippen MR) is 65.4 cm³/mol. The number of benzene rings is 1. The highest BCUT2D eigenvalue weighted by molar-refractivity contribution is 7.80. The van der Waals surface area contributed by atoms with Gasteiger partial charge < -0.3 is 10.1 Å². The molecule has 0 aromatic heterocycles. The molecule has 0 saturated carbocycles. The second kappa shape index (κ2) is 5.98. The Kier molecular flexibility index (Phi) is 4.56.